The minimum atomic E-state index is -4.71. The Morgan fingerprint density at radius 1 is 1.32 bits per heavy atom. The molecule has 11 heteroatoms. The number of thioether (sulfide) groups is 1. The van der Waals surface area contributed by atoms with Crippen LogP contribution in [0.25, 0.3) is 0 Å². The number of amidine groups is 1. The van der Waals surface area contributed by atoms with Crippen LogP contribution < -0.4 is 0 Å². The molecule has 1 amide bonds. The van der Waals surface area contributed by atoms with Crippen LogP contribution in [0.2, 0.25) is 0 Å². The Morgan fingerprint density at radius 3 is 2.39 bits per heavy atom. The first-order valence-electron chi connectivity index (χ1n) is 8.19. The normalized spacial score (nSPS) is 29.6. The van der Waals surface area contributed by atoms with E-state index in [-0.39, 0.29) is 18.4 Å². The van der Waals surface area contributed by atoms with Crippen molar-refractivity contribution in [3.63, 3.8) is 0 Å². The highest BCUT2D eigenvalue weighted by atomic mass is 32.2. The summed E-state index contributed by atoms with van der Waals surface area (Å²) in [6.45, 7) is 10.2. The van der Waals surface area contributed by atoms with Gasteiger partial charge in [0.2, 0.25) is 0 Å². The Bertz CT molecular complexity index is 670. The maximum absolute atomic E-state index is 13.3. The summed E-state index contributed by atoms with van der Waals surface area (Å²) in [6.07, 6.45) is -6.79. The number of hydrogen-bond donors (Lipinski definition) is 1. The summed E-state index contributed by atoms with van der Waals surface area (Å²) in [5, 5.41) is 9.24. The van der Waals surface area contributed by atoms with E-state index in [1.807, 2.05) is 0 Å². The fourth-order valence-corrected chi connectivity index (χ4v) is 3.90. The van der Waals surface area contributed by atoms with Crippen LogP contribution >= 0.6 is 11.8 Å². The van der Waals surface area contributed by atoms with Crippen molar-refractivity contribution in [2.45, 2.75) is 36.0 Å². The van der Waals surface area contributed by atoms with Crippen LogP contribution in [-0.2, 0) is 14.2 Å². The molecule has 5 atom stereocenters. The molecular formula is C17H21F3N2O5S. The van der Waals surface area contributed by atoms with E-state index in [9.17, 15) is 18.0 Å². The summed E-state index contributed by atoms with van der Waals surface area (Å²) in [5.41, 5.74) is -2.01. The molecule has 0 saturated carbocycles. The van der Waals surface area contributed by atoms with E-state index < -0.39 is 47.6 Å². The van der Waals surface area contributed by atoms with E-state index in [0.29, 0.717) is 0 Å². The molecule has 28 heavy (non-hydrogen) atoms. The molecule has 2 aliphatic heterocycles. The lowest BCUT2D eigenvalue weighted by Gasteiger charge is -2.43. The monoisotopic (exact) mass is 422 g/mol. The molecule has 0 spiro atoms. The second kappa shape index (κ2) is 9.12. The summed E-state index contributed by atoms with van der Waals surface area (Å²) in [7, 11) is 1.28. The van der Waals surface area contributed by atoms with Crippen molar-refractivity contribution in [2.24, 2.45) is 4.99 Å². The van der Waals surface area contributed by atoms with E-state index in [2.05, 4.69) is 24.7 Å². The highest BCUT2D eigenvalue weighted by Gasteiger charge is 2.55. The van der Waals surface area contributed by atoms with E-state index in [1.54, 1.807) is 0 Å². The highest BCUT2D eigenvalue weighted by molar-refractivity contribution is 8.14. The largest absolute Gasteiger partial charge is 0.465 e. The van der Waals surface area contributed by atoms with Crippen molar-refractivity contribution < 1.29 is 37.3 Å². The first-order valence-corrected chi connectivity index (χ1v) is 9.07. The SMILES string of the molecule is C=CCO[C@@H]1[C@H]2N=C(N(C)C(=O)O)S[C@H]2O[C@H](C(=C)C(F)(F)F)[C@H]1OCC=C. The van der Waals surface area contributed by atoms with Gasteiger partial charge in [0.05, 0.1) is 18.8 Å². The molecule has 0 unspecified atom stereocenters. The van der Waals surface area contributed by atoms with Crippen LogP contribution in [0.1, 0.15) is 0 Å². The molecule has 1 saturated heterocycles. The molecule has 1 N–H and O–H groups in total. The van der Waals surface area contributed by atoms with E-state index >= 15 is 0 Å². The minimum absolute atomic E-state index is 0.0390. The zero-order valence-electron chi connectivity index (χ0n) is 15.1. The second-order valence-corrected chi connectivity index (χ2v) is 7.05. The topological polar surface area (TPSA) is 80.6 Å². The molecule has 0 aromatic heterocycles. The molecule has 7 nitrogen and oxygen atoms in total. The molecule has 0 aromatic carbocycles. The van der Waals surface area contributed by atoms with E-state index in [1.165, 1.54) is 19.2 Å². The van der Waals surface area contributed by atoms with Gasteiger partial charge in [-0.2, -0.15) is 13.2 Å². The first-order chi connectivity index (χ1) is 13.1. The quantitative estimate of drug-likeness (QED) is 0.636. The van der Waals surface area contributed by atoms with Crippen LogP contribution in [-0.4, -0.2) is 77.5 Å². The number of carboxylic acid groups (broad SMARTS) is 1. The molecule has 1 fully saturated rings. The Hall–Kier alpha value is -1.82. The summed E-state index contributed by atoms with van der Waals surface area (Å²) in [6, 6.07) is -0.770. The Morgan fingerprint density at radius 2 is 1.89 bits per heavy atom. The number of amides is 1. The third-order valence-electron chi connectivity index (χ3n) is 4.09. The van der Waals surface area contributed by atoms with Crippen molar-refractivity contribution in [2.75, 3.05) is 20.3 Å². The van der Waals surface area contributed by atoms with Gasteiger partial charge in [0, 0.05) is 7.05 Å². The molecular weight excluding hydrogens is 401 g/mol. The predicted molar refractivity (Wildman–Crippen MR) is 98.3 cm³/mol. The van der Waals surface area contributed by atoms with E-state index in [4.69, 9.17) is 19.3 Å². The van der Waals surface area contributed by atoms with Crippen LogP contribution in [0, 0.1) is 0 Å². The van der Waals surface area contributed by atoms with Gasteiger partial charge < -0.3 is 19.3 Å². The van der Waals surface area contributed by atoms with Gasteiger partial charge in [0.1, 0.15) is 29.8 Å². The Kier molecular flexibility index (Phi) is 7.32. The third-order valence-corrected chi connectivity index (χ3v) is 5.31. The van der Waals surface area contributed by atoms with Gasteiger partial charge in [0.15, 0.2) is 5.17 Å². The average molecular weight is 422 g/mol. The number of halogens is 3. The molecule has 2 rings (SSSR count). The van der Waals surface area contributed by atoms with Gasteiger partial charge in [-0.3, -0.25) is 9.89 Å². The molecule has 2 aliphatic rings. The summed E-state index contributed by atoms with van der Waals surface area (Å²) in [5.74, 6) is 0. The molecule has 0 radical (unpaired) electrons. The van der Waals surface area contributed by atoms with Crippen LogP contribution in [0.3, 0.4) is 0 Å². The van der Waals surface area contributed by atoms with Crippen molar-refractivity contribution in [1.82, 2.24) is 4.90 Å². The fourth-order valence-electron chi connectivity index (χ4n) is 2.74. The number of nitrogens with zero attached hydrogens (tertiary/aromatic N) is 2. The minimum Gasteiger partial charge on any atom is -0.465 e. The van der Waals surface area contributed by atoms with Crippen LogP contribution in [0.5, 0.6) is 0 Å². The van der Waals surface area contributed by atoms with Crippen molar-refractivity contribution in [3.05, 3.63) is 37.5 Å². The number of aliphatic imine (C=N–C) groups is 1. The lowest BCUT2D eigenvalue weighted by molar-refractivity contribution is -0.192. The predicted octanol–water partition coefficient (Wildman–Crippen LogP) is 3.05. The van der Waals surface area contributed by atoms with Gasteiger partial charge in [-0.05, 0) is 0 Å². The van der Waals surface area contributed by atoms with Crippen molar-refractivity contribution in [1.29, 1.82) is 0 Å². The van der Waals surface area contributed by atoms with Gasteiger partial charge in [-0.25, -0.2) is 4.79 Å². The lowest BCUT2D eigenvalue weighted by Crippen LogP contribution is -2.58. The maximum atomic E-state index is 13.3. The van der Waals surface area contributed by atoms with Gasteiger partial charge >= 0.3 is 12.3 Å². The number of rotatable bonds is 7. The molecule has 156 valence electrons. The average Bonchev–Trinajstić information content (AvgIpc) is 3.05. The maximum Gasteiger partial charge on any atom is 0.414 e. The van der Waals surface area contributed by atoms with Gasteiger partial charge in [0.25, 0.3) is 0 Å². The number of hydrogen-bond acceptors (Lipinski definition) is 6. The summed E-state index contributed by atoms with van der Waals surface area (Å²) in [4.78, 5) is 16.4. The van der Waals surface area contributed by atoms with Crippen LogP contribution in [0.4, 0.5) is 18.0 Å². The summed E-state index contributed by atoms with van der Waals surface area (Å²) < 4.78 is 56.8. The van der Waals surface area contributed by atoms with Crippen LogP contribution in [0.15, 0.2) is 42.5 Å². The Labute approximate surface area is 164 Å². The van der Waals surface area contributed by atoms with Gasteiger partial charge in [-0.15, -0.1) is 13.2 Å². The summed E-state index contributed by atoms with van der Waals surface area (Å²) >= 11 is 0.909. The molecule has 0 aromatic rings. The molecule has 0 bridgehead atoms. The van der Waals surface area contributed by atoms with E-state index in [0.717, 1.165) is 16.7 Å². The molecule has 2 heterocycles. The second-order valence-electron chi connectivity index (χ2n) is 5.98. The van der Waals surface area contributed by atoms with Crippen molar-refractivity contribution in [3.8, 4) is 0 Å². The Balaban J connectivity index is 2.40. The highest BCUT2D eigenvalue weighted by Crippen LogP contribution is 2.43. The number of carbonyl (C=O) groups is 1. The first kappa shape index (κ1) is 22.5. The smallest absolute Gasteiger partial charge is 0.414 e. The standard InChI is InChI=1S/C17H21F3N2O5S/c1-5-7-25-12-10-14(28-15(21-10)22(4)16(23)24)27-11(9(3)17(18,19)20)13(12)26-8-6-2/h5-6,10-14H,1-3,7-8H2,4H3,(H,23,24)/t10-,11-,12-,13-,14-/m1/s1. The lowest BCUT2D eigenvalue weighted by atomic mass is 9.93. The van der Waals surface area contributed by atoms with Crippen molar-refractivity contribution >= 4 is 23.0 Å². The van der Waals surface area contributed by atoms with Gasteiger partial charge in [-0.1, -0.05) is 30.5 Å². The third kappa shape index (κ3) is 4.77. The number of fused-ring (bicyclic) bond motifs is 1. The fraction of sp³-hybridized carbons (Fsp3) is 0.529. The number of ether oxygens (including phenoxy) is 3. The zero-order chi connectivity index (χ0) is 21.1. The number of alkyl halides is 3. The molecule has 0 aliphatic carbocycles. The zero-order valence-corrected chi connectivity index (χ0v) is 15.9.